The van der Waals surface area contributed by atoms with Crippen LogP contribution in [0.2, 0.25) is 0 Å². The first kappa shape index (κ1) is 14.4. The standard InChI is InChI=1S/C14H12ClFN2O2/c1-3-10-13(12-5-9(6-15)18-20-12)8(7-17)4-11(16)14(10)19-2/h4-5H,3,6H2,1-2H3. The first-order valence-electron chi connectivity index (χ1n) is 5.97. The van der Waals surface area contributed by atoms with Crippen LogP contribution in [-0.4, -0.2) is 12.3 Å². The molecule has 20 heavy (non-hydrogen) atoms. The van der Waals surface area contributed by atoms with E-state index in [0.717, 1.165) is 6.07 Å². The van der Waals surface area contributed by atoms with Gasteiger partial charge in [0.2, 0.25) is 0 Å². The summed E-state index contributed by atoms with van der Waals surface area (Å²) in [6.45, 7) is 1.85. The molecule has 0 aliphatic rings. The Hall–Kier alpha value is -2.06. The third kappa shape index (κ3) is 2.35. The quantitative estimate of drug-likeness (QED) is 0.807. The van der Waals surface area contributed by atoms with Gasteiger partial charge in [0.15, 0.2) is 17.3 Å². The lowest BCUT2D eigenvalue weighted by Crippen LogP contribution is -2.00. The van der Waals surface area contributed by atoms with Crippen LogP contribution in [0.3, 0.4) is 0 Å². The van der Waals surface area contributed by atoms with Gasteiger partial charge in [-0.1, -0.05) is 12.1 Å². The monoisotopic (exact) mass is 294 g/mol. The van der Waals surface area contributed by atoms with Crippen LogP contribution < -0.4 is 4.74 Å². The minimum Gasteiger partial charge on any atom is -0.493 e. The summed E-state index contributed by atoms with van der Waals surface area (Å²) in [6.07, 6.45) is 0.488. The second kappa shape index (κ2) is 5.93. The summed E-state index contributed by atoms with van der Waals surface area (Å²) in [5.74, 6) is 0.130. The first-order chi connectivity index (χ1) is 9.65. The molecule has 0 N–H and O–H groups in total. The summed E-state index contributed by atoms with van der Waals surface area (Å²) >= 11 is 5.69. The second-order valence-electron chi connectivity index (χ2n) is 4.07. The Morgan fingerprint density at radius 2 is 2.25 bits per heavy atom. The van der Waals surface area contributed by atoms with Crippen molar-refractivity contribution in [1.82, 2.24) is 5.16 Å². The number of methoxy groups -OCH3 is 1. The molecule has 2 aromatic rings. The van der Waals surface area contributed by atoms with Gasteiger partial charge in [-0.05, 0) is 12.5 Å². The minimum atomic E-state index is -0.568. The van der Waals surface area contributed by atoms with Gasteiger partial charge in [0.1, 0.15) is 6.07 Å². The molecule has 0 aliphatic carbocycles. The predicted octanol–water partition coefficient (Wildman–Crippen LogP) is 3.66. The van der Waals surface area contributed by atoms with Crippen LogP contribution in [0, 0.1) is 17.1 Å². The Kier molecular flexibility index (Phi) is 4.26. The van der Waals surface area contributed by atoms with Crippen LogP contribution in [0.1, 0.15) is 23.7 Å². The van der Waals surface area contributed by atoms with Gasteiger partial charge >= 0.3 is 0 Å². The molecule has 1 aromatic carbocycles. The number of nitrogens with zero attached hydrogens (tertiary/aromatic N) is 2. The van der Waals surface area contributed by atoms with Crippen molar-refractivity contribution < 1.29 is 13.7 Å². The molecule has 0 aliphatic heterocycles. The average Bonchev–Trinajstić information content (AvgIpc) is 2.94. The molecule has 1 aromatic heterocycles. The van der Waals surface area contributed by atoms with E-state index in [2.05, 4.69) is 5.16 Å². The van der Waals surface area contributed by atoms with Crippen LogP contribution in [0.4, 0.5) is 4.39 Å². The highest BCUT2D eigenvalue weighted by molar-refractivity contribution is 6.16. The maximum absolute atomic E-state index is 13.9. The van der Waals surface area contributed by atoms with Crippen molar-refractivity contribution >= 4 is 11.6 Å². The number of benzene rings is 1. The van der Waals surface area contributed by atoms with E-state index in [1.165, 1.54) is 7.11 Å². The van der Waals surface area contributed by atoms with Crippen molar-refractivity contribution in [1.29, 1.82) is 5.26 Å². The van der Waals surface area contributed by atoms with Crippen LogP contribution >= 0.6 is 11.6 Å². The Morgan fingerprint density at radius 1 is 1.50 bits per heavy atom. The Bertz CT molecular complexity index is 677. The predicted molar refractivity (Wildman–Crippen MR) is 72.1 cm³/mol. The molecule has 4 nitrogen and oxygen atoms in total. The lowest BCUT2D eigenvalue weighted by Gasteiger charge is -2.13. The summed E-state index contributed by atoms with van der Waals surface area (Å²) < 4.78 is 24.2. The largest absolute Gasteiger partial charge is 0.493 e. The number of rotatable bonds is 4. The van der Waals surface area contributed by atoms with Crippen LogP contribution in [0.15, 0.2) is 16.7 Å². The van der Waals surface area contributed by atoms with Gasteiger partial charge in [0.05, 0.1) is 24.2 Å². The average molecular weight is 295 g/mol. The number of alkyl halides is 1. The lowest BCUT2D eigenvalue weighted by atomic mass is 9.96. The molecule has 0 bridgehead atoms. The third-order valence-electron chi connectivity index (χ3n) is 2.95. The van der Waals surface area contributed by atoms with Crippen molar-refractivity contribution in [3.05, 3.63) is 34.8 Å². The molecule has 0 atom stereocenters. The van der Waals surface area contributed by atoms with E-state index >= 15 is 0 Å². The van der Waals surface area contributed by atoms with Gasteiger partial charge in [-0.25, -0.2) is 4.39 Å². The highest BCUT2D eigenvalue weighted by Gasteiger charge is 2.22. The van der Waals surface area contributed by atoms with E-state index < -0.39 is 5.82 Å². The fraction of sp³-hybridized carbons (Fsp3) is 0.286. The first-order valence-corrected chi connectivity index (χ1v) is 6.51. The third-order valence-corrected chi connectivity index (χ3v) is 3.23. The molecular formula is C14H12ClFN2O2. The molecule has 0 saturated heterocycles. The molecule has 0 fully saturated rings. The number of hydrogen-bond acceptors (Lipinski definition) is 4. The smallest absolute Gasteiger partial charge is 0.168 e. The number of ether oxygens (including phenoxy) is 1. The van der Waals surface area contributed by atoms with Crippen LogP contribution in [0.5, 0.6) is 5.75 Å². The van der Waals surface area contributed by atoms with E-state index in [9.17, 15) is 9.65 Å². The van der Waals surface area contributed by atoms with Crippen LogP contribution in [-0.2, 0) is 12.3 Å². The summed E-state index contributed by atoms with van der Waals surface area (Å²) in [7, 11) is 1.39. The SMILES string of the molecule is CCc1c(OC)c(F)cc(C#N)c1-c1cc(CCl)no1. The topological polar surface area (TPSA) is 59.0 Å². The highest BCUT2D eigenvalue weighted by atomic mass is 35.5. The Labute approximate surface area is 120 Å². The fourth-order valence-electron chi connectivity index (χ4n) is 2.10. The summed E-state index contributed by atoms with van der Waals surface area (Å²) in [6, 6.07) is 4.75. The zero-order chi connectivity index (χ0) is 14.7. The molecule has 2 rings (SSSR count). The maximum atomic E-state index is 13.9. The van der Waals surface area contributed by atoms with Gasteiger partial charge in [0.25, 0.3) is 0 Å². The van der Waals surface area contributed by atoms with Crippen molar-refractivity contribution in [2.75, 3.05) is 7.11 Å². The van der Waals surface area contributed by atoms with Crippen molar-refractivity contribution in [3.8, 4) is 23.1 Å². The minimum absolute atomic E-state index is 0.116. The van der Waals surface area contributed by atoms with E-state index in [1.807, 2.05) is 13.0 Å². The molecule has 0 unspecified atom stereocenters. The van der Waals surface area contributed by atoms with Gasteiger partial charge in [-0.15, -0.1) is 11.6 Å². The van der Waals surface area contributed by atoms with Crippen molar-refractivity contribution in [3.63, 3.8) is 0 Å². The molecule has 0 saturated carbocycles. The molecule has 1 heterocycles. The molecule has 104 valence electrons. The van der Waals surface area contributed by atoms with Crippen LogP contribution in [0.25, 0.3) is 11.3 Å². The van der Waals surface area contributed by atoms with E-state index in [0.29, 0.717) is 29.0 Å². The summed E-state index contributed by atoms with van der Waals surface area (Å²) in [5.41, 5.74) is 1.80. The second-order valence-corrected chi connectivity index (χ2v) is 4.34. The molecule has 0 spiro atoms. The Balaban J connectivity index is 2.75. The normalized spacial score (nSPS) is 10.3. The fourth-order valence-corrected chi connectivity index (χ4v) is 2.23. The zero-order valence-electron chi connectivity index (χ0n) is 11.0. The van der Waals surface area contributed by atoms with Crippen molar-refractivity contribution in [2.24, 2.45) is 0 Å². The zero-order valence-corrected chi connectivity index (χ0v) is 11.8. The maximum Gasteiger partial charge on any atom is 0.168 e. The number of aromatic nitrogens is 1. The summed E-state index contributed by atoms with van der Waals surface area (Å²) in [5, 5.41) is 13.0. The molecule has 6 heteroatoms. The van der Waals surface area contributed by atoms with Gasteiger partial charge < -0.3 is 9.26 Å². The highest BCUT2D eigenvalue weighted by Crippen LogP contribution is 2.36. The molecular weight excluding hydrogens is 283 g/mol. The number of halogens is 2. The van der Waals surface area contributed by atoms with Gasteiger partial charge in [0, 0.05) is 17.2 Å². The van der Waals surface area contributed by atoms with Gasteiger partial charge in [-0.3, -0.25) is 0 Å². The lowest BCUT2D eigenvalue weighted by molar-refractivity contribution is 0.381. The van der Waals surface area contributed by atoms with Gasteiger partial charge in [-0.2, -0.15) is 5.26 Å². The van der Waals surface area contributed by atoms with E-state index in [1.54, 1.807) is 6.07 Å². The summed E-state index contributed by atoms with van der Waals surface area (Å²) in [4.78, 5) is 0. The van der Waals surface area contributed by atoms with E-state index in [-0.39, 0.29) is 17.2 Å². The molecule has 0 radical (unpaired) electrons. The molecule has 0 amide bonds. The number of hydrogen-bond donors (Lipinski definition) is 0. The van der Waals surface area contributed by atoms with E-state index in [4.69, 9.17) is 20.9 Å². The Morgan fingerprint density at radius 3 is 2.75 bits per heavy atom. The number of nitriles is 1. The van der Waals surface area contributed by atoms with Crippen molar-refractivity contribution in [2.45, 2.75) is 19.2 Å².